The van der Waals surface area contributed by atoms with E-state index >= 15 is 0 Å². The molecule has 0 unspecified atom stereocenters. The van der Waals surface area contributed by atoms with Crippen LogP contribution in [0.25, 0.3) is 11.0 Å². The third-order valence-corrected chi connectivity index (χ3v) is 4.77. The third-order valence-electron chi connectivity index (χ3n) is 4.14. The quantitative estimate of drug-likeness (QED) is 0.359. The van der Waals surface area contributed by atoms with Crippen LogP contribution in [0.15, 0.2) is 48.8 Å². The molecule has 7 nitrogen and oxygen atoms in total. The molecule has 3 heterocycles. The van der Waals surface area contributed by atoms with Crippen molar-refractivity contribution in [2.45, 2.75) is 6.18 Å². The van der Waals surface area contributed by atoms with Gasteiger partial charge in [0, 0.05) is 6.20 Å². The maximum atomic E-state index is 12.8. The van der Waals surface area contributed by atoms with Gasteiger partial charge in [-0.3, -0.25) is 4.79 Å². The molecule has 4 aromatic rings. The number of aromatic amines is 1. The second-order valence-electron chi connectivity index (χ2n) is 6.28. The lowest BCUT2D eigenvalue weighted by molar-refractivity contribution is -0.137. The summed E-state index contributed by atoms with van der Waals surface area (Å²) >= 11 is 12.3. The molecule has 4 rings (SSSR count). The van der Waals surface area contributed by atoms with E-state index in [0.29, 0.717) is 32.7 Å². The number of benzene rings is 1. The molecule has 3 aromatic heterocycles. The first kappa shape index (κ1) is 20.9. The summed E-state index contributed by atoms with van der Waals surface area (Å²) in [5, 5.41) is 6.04. The van der Waals surface area contributed by atoms with Crippen LogP contribution in [0.1, 0.15) is 16.1 Å². The molecule has 158 valence electrons. The number of H-pyrrole nitrogens is 1. The summed E-state index contributed by atoms with van der Waals surface area (Å²) in [4.78, 5) is 27.4. The van der Waals surface area contributed by atoms with Crippen molar-refractivity contribution in [3.8, 4) is 0 Å². The largest absolute Gasteiger partial charge is 0.416 e. The lowest BCUT2D eigenvalue weighted by Gasteiger charge is -2.08. The van der Waals surface area contributed by atoms with Crippen LogP contribution in [0, 0.1) is 0 Å². The molecule has 12 heteroatoms. The first-order valence-corrected chi connectivity index (χ1v) is 9.38. The molecular formula is C19H11Cl2F3N6O. The number of aromatic nitrogens is 4. The zero-order chi connectivity index (χ0) is 22.2. The van der Waals surface area contributed by atoms with E-state index in [1.165, 1.54) is 12.3 Å². The van der Waals surface area contributed by atoms with Gasteiger partial charge in [-0.1, -0.05) is 29.3 Å². The highest BCUT2D eigenvalue weighted by Gasteiger charge is 2.31. The maximum absolute atomic E-state index is 12.8. The third kappa shape index (κ3) is 4.54. The van der Waals surface area contributed by atoms with Crippen LogP contribution in [0.3, 0.4) is 0 Å². The minimum absolute atomic E-state index is 0.0438. The number of carbonyl (C=O) groups is 1. The van der Waals surface area contributed by atoms with Crippen LogP contribution in [-0.2, 0) is 6.18 Å². The molecule has 0 aliphatic heterocycles. The van der Waals surface area contributed by atoms with Crippen LogP contribution in [-0.4, -0.2) is 25.8 Å². The lowest BCUT2D eigenvalue weighted by Crippen LogP contribution is -2.15. The smallest absolute Gasteiger partial charge is 0.324 e. The average molecular weight is 467 g/mol. The first-order valence-electron chi connectivity index (χ1n) is 8.62. The van der Waals surface area contributed by atoms with Crippen molar-refractivity contribution in [3.05, 3.63) is 70.1 Å². The molecule has 1 amide bonds. The minimum atomic E-state index is -4.55. The Hall–Kier alpha value is -3.37. The van der Waals surface area contributed by atoms with E-state index in [1.54, 1.807) is 18.2 Å². The molecule has 0 fully saturated rings. The van der Waals surface area contributed by atoms with Gasteiger partial charge in [0.15, 0.2) is 0 Å². The van der Waals surface area contributed by atoms with E-state index in [2.05, 4.69) is 30.6 Å². The van der Waals surface area contributed by atoms with Gasteiger partial charge in [-0.2, -0.15) is 13.2 Å². The minimum Gasteiger partial charge on any atom is -0.324 e. The Labute approximate surface area is 182 Å². The van der Waals surface area contributed by atoms with Gasteiger partial charge in [-0.25, -0.2) is 15.0 Å². The molecule has 0 spiro atoms. The number of pyridine rings is 2. The molecule has 1 aromatic carbocycles. The van der Waals surface area contributed by atoms with Gasteiger partial charge in [0.1, 0.15) is 17.0 Å². The van der Waals surface area contributed by atoms with E-state index in [-0.39, 0.29) is 11.5 Å². The fourth-order valence-electron chi connectivity index (χ4n) is 2.69. The van der Waals surface area contributed by atoms with Crippen molar-refractivity contribution < 1.29 is 18.0 Å². The molecule has 31 heavy (non-hydrogen) atoms. The molecule has 0 aliphatic carbocycles. The van der Waals surface area contributed by atoms with E-state index in [9.17, 15) is 18.0 Å². The van der Waals surface area contributed by atoms with Gasteiger partial charge in [0.25, 0.3) is 5.91 Å². The summed E-state index contributed by atoms with van der Waals surface area (Å²) < 4.78 is 38.5. The number of nitrogens with zero attached hydrogens (tertiary/aromatic N) is 3. The number of amides is 1. The number of alkyl halides is 3. The number of rotatable bonds is 4. The Morgan fingerprint density at radius 3 is 2.52 bits per heavy atom. The van der Waals surface area contributed by atoms with Gasteiger partial charge >= 0.3 is 6.18 Å². The van der Waals surface area contributed by atoms with E-state index in [4.69, 9.17) is 23.2 Å². The summed E-state index contributed by atoms with van der Waals surface area (Å²) in [6.07, 6.45) is -2.25. The van der Waals surface area contributed by atoms with Crippen molar-refractivity contribution in [1.82, 2.24) is 19.9 Å². The van der Waals surface area contributed by atoms with Crippen LogP contribution in [0.5, 0.6) is 0 Å². The van der Waals surface area contributed by atoms with Crippen molar-refractivity contribution >= 4 is 57.6 Å². The van der Waals surface area contributed by atoms with Gasteiger partial charge < -0.3 is 15.6 Å². The normalized spacial score (nSPS) is 11.5. The number of hydrogen-bond acceptors (Lipinski definition) is 5. The summed E-state index contributed by atoms with van der Waals surface area (Å²) in [7, 11) is 0. The predicted molar refractivity (Wildman–Crippen MR) is 111 cm³/mol. The molecule has 0 bridgehead atoms. The Balaban J connectivity index is 1.56. The molecule has 0 radical (unpaired) electrons. The van der Waals surface area contributed by atoms with Gasteiger partial charge in [0.05, 0.1) is 33.0 Å². The fourth-order valence-corrected chi connectivity index (χ4v) is 3.18. The van der Waals surface area contributed by atoms with E-state index < -0.39 is 17.6 Å². The number of hydrogen-bond donors (Lipinski definition) is 3. The second kappa shape index (κ2) is 8.05. The highest BCUT2D eigenvalue weighted by molar-refractivity contribution is 6.39. The summed E-state index contributed by atoms with van der Waals surface area (Å²) in [5.41, 5.74) is 0.384. The Bertz CT molecular complexity index is 1270. The zero-order valence-corrected chi connectivity index (χ0v) is 16.8. The SMILES string of the molecule is O=C(Nc1cc(C(F)(F)F)ccn1)c1cc2[nH]c(Nc3c(Cl)cccc3Cl)nc2cn1. The van der Waals surface area contributed by atoms with Gasteiger partial charge in [-0.05, 0) is 30.3 Å². The molecule has 0 atom stereocenters. The number of carbonyl (C=O) groups excluding carboxylic acids is 1. The molecular weight excluding hydrogens is 456 g/mol. The van der Waals surface area contributed by atoms with Crippen LogP contribution in [0.4, 0.5) is 30.6 Å². The van der Waals surface area contributed by atoms with Crippen molar-refractivity contribution in [2.75, 3.05) is 10.6 Å². The number of anilines is 3. The van der Waals surface area contributed by atoms with Crippen molar-refractivity contribution in [1.29, 1.82) is 0 Å². The number of nitrogens with one attached hydrogen (secondary N) is 3. The first-order chi connectivity index (χ1) is 14.7. The second-order valence-corrected chi connectivity index (χ2v) is 7.09. The summed E-state index contributed by atoms with van der Waals surface area (Å²) in [6, 6.07) is 7.97. The highest BCUT2D eigenvalue weighted by atomic mass is 35.5. The van der Waals surface area contributed by atoms with E-state index in [0.717, 1.165) is 18.3 Å². The summed E-state index contributed by atoms with van der Waals surface area (Å²) in [6.45, 7) is 0. The highest BCUT2D eigenvalue weighted by Crippen LogP contribution is 2.32. The van der Waals surface area contributed by atoms with Gasteiger partial charge in [-0.15, -0.1) is 0 Å². The number of imidazole rings is 1. The number of fused-ring (bicyclic) bond motifs is 1. The zero-order valence-electron chi connectivity index (χ0n) is 15.3. The van der Waals surface area contributed by atoms with Crippen LogP contribution < -0.4 is 10.6 Å². The van der Waals surface area contributed by atoms with Gasteiger partial charge in [0.2, 0.25) is 5.95 Å². The molecule has 0 saturated carbocycles. The maximum Gasteiger partial charge on any atom is 0.416 e. The lowest BCUT2D eigenvalue weighted by atomic mass is 10.2. The fraction of sp³-hybridized carbons (Fsp3) is 0.0526. The number of halogens is 5. The average Bonchev–Trinajstić information content (AvgIpc) is 3.12. The van der Waals surface area contributed by atoms with Crippen LogP contribution >= 0.6 is 23.2 Å². The molecule has 0 saturated heterocycles. The number of para-hydroxylation sites is 1. The standard InChI is InChI=1S/C19H11Cl2F3N6O/c20-10-2-1-3-11(21)16(10)30-18-27-12-7-13(26-8-14(12)28-18)17(31)29-15-6-9(4-5-25-15)19(22,23)24/h1-8H,(H,25,29,31)(H2,27,28,30). The van der Waals surface area contributed by atoms with Crippen molar-refractivity contribution in [3.63, 3.8) is 0 Å². The Morgan fingerprint density at radius 2 is 1.81 bits per heavy atom. The summed E-state index contributed by atoms with van der Waals surface area (Å²) in [5.74, 6) is -0.669. The van der Waals surface area contributed by atoms with Crippen LogP contribution in [0.2, 0.25) is 10.0 Å². The van der Waals surface area contributed by atoms with E-state index in [1.807, 2.05) is 0 Å². The monoisotopic (exact) mass is 466 g/mol. The van der Waals surface area contributed by atoms with Crippen molar-refractivity contribution in [2.24, 2.45) is 0 Å². The Kier molecular flexibility index (Phi) is 5.42. The predicted octanol–water partition coefficient (Wildman–Crippen LogP) is 5.67. The molecule has 3 N–H and O–H groups in total. The topological polar surface area (TPSA) is 95.6 Å². The Morgan fingerprint density at radius 1 is 1.06 bits per heavy atom. The molecule has 0 aliphatic rings.